The number of aryl methyl sites for hydroxylation is 1. The molecule has 148 valence electrons. The molecule has 0 bridgehead atoms. The average molecular weight is 396 g/mol. The summed E-state index contributed by atoms with van der Waals surface area (Å²) in [5, 5.41) is 2.99. The van der Waals surface area contributed by atoms with Crippen molar-refractivity contribution in [2.45, 2.75) is 13.5 Å². The van der Waals surface area contributed by atoms with Crippen molar-refractivity contribution < 1.29 is 9.21 Å². The van der Waals surface area contributed by atoms with E-state index >= 15 is 0 Å². The van der Waals surface area contributed by atoms with Crippen LogP contribution in [0.15, 0.2) is 90.1 Å². The smallest absolute Gasteiger partial charge is 0.272 e. The van der Waals surface area contributed by atoms with Gasteiger partial charge in [0.25, 0.3) is 5.91 Å². The number of nitrogens with one attached hydrogen (secondary N) is 1. The Bertz CT molecular complexity index is 1290. The molecule has 0 aliphatic carbocycles. The minimum Gasteiger partial charge on any atom is -0.463 e. The van der Waals surface area contributed by atoms with Crippen LogP contribution < -0.4 is 5.32 Å². The van der Waals surface area contributed by atoms with Gasteiger partial charge in [0.05, 0.1) is 18.1 Å². The lowest BCUT2D eigenvalue weighted by atomic mass is 10.1. The highest BCUT2D eigenvalue weighted by molar-refractivity contribution is 6.05. The van der Waals surface area contributed by atoms with Gasteiger partial charge in [-0.3, -0.25) is 4.79 Å². The first-order valence-electron chi connectivity index (χ1n) is 9.69. The topological polar surface area (TPSA) is 65.0 Å². The SMILES string of the molecule is Cc1ccc(Cn2c(C(=O)Nc3ccc(-n4ccnc4)cc3)cc3occc32)cc1. The van der Waals surface area contributed by atoms with Crippen LogP contribution in [0.25, 0.3) is 16.8 Å². The lowest BCUT2D eigenvalue weighted by Crippen LogP contribution is -2.17. The van der Waals surface area contributed by atoms with E-state index in [1.807, 2.05) is 45.7 Å². The Morgan fingerprint density at radius 2 is 1.87 bits per heavy atom. The number of fused-ring (bicyclic) bond motifs is 1. The Balaban J connectivity index is 1.42. The van der Waals surface area contributed by atoms with Crippen LogP contribution >= 0.6 is 0 Å². The number of hydrogen-bond acceptors (Lipinski definition) is 3. The summed E-state index contributed by atoms with van der Waals surface area (Å²) in [4.78, 5) is 17.1. The monoisotopic (exact) mass is 396 g/mol. The molecule has 0 unspecified atom stereocenters. The zero-order valence-electron chi connectivity index (χ0n) is 16.4. The van der Waals surface area contributed by atoms with E-state index in [-0.39, 0.29) is 5.91 Å². The minimum absolute atomic E-state index is 0.177. The number of aromatic nitrogens is 3. The fourth-order valence-corrected chi connectivity index (χ4v) is 3.54. The molecular weight excluding hydrogens is 376 g/mol. The largest absolute Gasteiger partial charge is 0.463 e. The molecule has 1 N–H and O–H groups in total. The van der Waals surface area contributed by atoms with Crippen LogP contribution in [0, 0.1) is 6.92 Å². The molecule has 0 spiro atoms. The first-order chi connectivity index (χ1) is 14.7. The van der Waals surface area contributed by atoms with E-state index in [1.54, 1.807) is 24.9 Å². The van der Waals surface area contributed by atoms with Crippen LogP contribution in [0.2, 0.25) is 0 Å². The summed E-state index contributed by atoms with van der Waals surface area (Å²) in [7, 11) is 0. The van der Waals surface area contributed by atoms with Gasteiger partial charge in [0.15, 0.2) is 5.58 Å². The second-order valence-electron chi connectivity index (χ2n) is 7.24. The number of carbonyl (C=O) groups excluding carboxylic acids is 1. The molecule has 0 saturated carbocycles. The first-order valence-corrected chi connectivity index (χ1v) is 9.69. The third-order valence-corrected chi connectivity index (χ3v) is 5.14. The highest BCUT2D eigenvalue weighted by Gasteiger charge is 2.18. The standard InChI is InChI=1S/C24H20N4O2/c1-17-2-4-18(5-3-17)15-28-21-10-13-30-23(21)14-22(28)24(29)26-19-6-8-20(9-7-19)27-12-11-25-16-27/h2-14,16H,15H2,1H3,(H,26,29). The number of imidazole rings is 1. The molecule has 0 fully saturated rings. The predicted molar refractivity (Wildman–Crippen MR) is 116 cm³/mol. The first kappa shape index (κ1) is 18.0. The molecule has 0 saturated heterocycles. The minimum atomic E-state index is -0.177. The normalized spacial score (nSPS) is 11.1. The molecule has 6 heteroatoms. The summed E-state index contributed by atoms with van der Waals surface area (Å²) in [6, 6.07) is 19.6. The van der Waals surface area contributed by atoms with Gasteiger partial charge in [-0.15, -0.1) is 0 Å². The summed E-state index contributed by atoms with van der Waals surface area (Å²) in [5.74, 6) is -0.177. The summed E-state index contributed by atoms with van der Waals surface area (Å²) < 4.78 is 9.44. The maximum atomic E-state index is 13.1. The van der Waals surface area contributed by atoms with Gasteiger partial charge in [-0.05, 0) is 36.8 Å². The number of nitrogens with zero attached hydrogens (tertiary/aromatic N) is 3. The van der Waals surface area contributed by atoms with Gasteiger partial charge in [-0.2, -0.15) is 0 Å². The van der Waals surface area contributed by atoms with Gasteiger partial charge in [0.1, 0.15) is 5.69 Å². The molecule has 5 aromatic rings. The van der Waals surface area contributed by atoms with Crippen molar-refractivity contribution in [3.8, 4) is 5.69 Å². The van der Waals surface area contributed by atoms with Crippen LogP contribution in [-0.4, -0.2) is 20.0 Å². The number of hydrogen-bond donors (Lipinski definition) is 1. The molecule has 5 rings (SSSR count). The van der Waals surface area contributed by atoms with Crippen molar-refractivity contribution in [1.29, 1.82) is 0 Å². The van der Waals surface area contributed by atoms with Gasteiger partial charge < -0.3 is 18.9 Å². The highest BCUT2D eigenvalue weighted by atomic mass is 16.3. The van der Waals surface area contributed by atoms with Gasteiger partial charge in [-0.25, -0.2) is 4.98 Å². The second-order valence-corrected chi connectivity index (χ2v) is 7.24. The van der Waals surface area contributed by atoms with E-state index in [2.05, 4.69) is 41.5 Å². The Labute approximate surface area is 173 Å². The van der Waals surface area contributed by atoms with E-state index in [4.69, 9.17) is 4.42 Å². The molecule has 0 radical (unpaired) electrons. The quantitative estimate of drug-likeness (QED) is 0.453. The lowest BCUT2D eigenvalue weighted by molar-refractivity contribution is 0.101. The number of rotatable bonds is 5. The van der Waals surface area contributed by atoms with E-state index in [0.717, 1.165) is 22.5 Å². The third-order valence-electron chi connectivity index (χ3n) is 5.14. The number of anilines is 1. The molecule has 3 heterocycles. The average Bonchev–Trinajstić information content (AvgIpc) is 3.49. The van der Waals surface area contributed by atoms with Gasteiger partial charge in [-0.1, -0.05) is 29.8 Å². The number of furan rings is 1. The second kappa shape index (κ2) is 7.40. The van der Waals surface area contributed by atoms with Gasteiger partial charge >= 0.3 is 0 Å². The molecule has 30 heavy (non-hydrogen) atoms. The summed E-state index contributed by atoms with van der Waals surface area (Å²) >= 11 is 0. The van der Waals surface area contributed by atoms with E-state index < -0.39 is 0 Å². The van der Waals surface area contributed by atoms with Crippen molar-refractivity contribution in [1.82, 2.24) is 14.1 Å². The number of amides is 1. The van der Waals surface area contributed by atoms with Crippen molar-refractivity contribution in [3.63, 3.8) is 0 Å². The van der Waals surface area contributed by atoms with Gasteiger partial charge in [0, 0.05) is 42.4 Å². The molecule has 2 aromatic carbocycles. The Kier molecular flexibility index (Phi) is 4.44. The molecule has 0 aliphatic heterocycles. The molecule has 3 aromatic heterocycles. The molecule has 0 aliphatic rings. The Morgan fingerprint density at radius 3 is 2.60 bits per heavy atom. The fraction of sp³-hybridized carbons (Fsp3) is 0.0833. The maximum Gasteiger partial charge on any atom is 0.272 e. The highest BCUT2D eigenvalue weighted by Crippen LogP contribution is 2.24. The van der Waals surface area contributed by atoms with Crippen LogP contribution in [-0.2, 0) is 6.54 Å². The van der Waals surface area contributed by atoms with Crippen LogP contribution in [0.3, 0.4) is 0 Å². The zero-order chi connectivity index (χ0) is 20.5. The van der Waals surface area contributed by atoms with Crippen molar-refractivity contribution in [2.75, 3.05) is 5.32 Å². The van der Waals surface area contributed by atoms with Crippen molar-refractivity contribution in [3.05, 3.63) is 102 Å². The fourth-order valence-electron chi connectivity index (χ4n) is 3.54. The molecule has 6 nitrogen and oxygen atoms in total. The zero-order valence-corrected chi connectivity index (χ0v) is 16.4. The molecule has 0 atom stereocenters. The molecular formula is C24H20N4O2. The Hall–Kier alpha value is -4.06. The summed E-state index contributed by atoms with van der Waals surface area (Å²) in [5.41, 5.74) is 6.19. The van der Waals surface area contributed by atoms with E-state index in [9.17, 15) is 4.79 Å². The Morgan fingerprint density at radius 1 is 1.07 bits per heavy atom. The summed E-state index contributed by atoms with van der Waals surface area (Å²) in [6.45, 7) is 2.65. The lowest BCUT2D eigenvalue weighted by Gasteiger charge is -2.11. The summed E-state index contributed by atoms with van der Waals surface area (Å²) in [6.07, 6.45) is 6.99. The van der Waals surface area contributed by atoms with Crippen LogP contribution in [0.4, 0.5) is 5.69 Å². The maximum absolute atomic E-state index is 13.1. The molecule has 1 amide bonds. The van der Waals surface area contributed by atoms with Crippen LogP contribution in [0.5, 0.6) is 0 Å². The van der Waals surface area contributed by atoms with Crippen LogP contribution in [0.1, 0.15) is 21.6 Å². The predicted octanol–water partition coefficient (Wildman–Crippen LogP) is 5.03. The van der Waals surface area contributed by atoms with E-state index in [1.165, 1.54) is 5.56 Å². The third kappa shape index (κ3) is 3.39. The van der Waals surface area contributed by atoms with Gasteiger partial charge in [0.2, 0.25) is 0 Å². The van der Waals surface area contributed by atoms with Crippen molar-refractivity contribution in [2.24, 2.45) is 0 Å². The van der Waals surface area contributed by atoms with Crippen molar-refractivity contribution >= 4 is 22.7 Å². The number of benzene rings is 2. The van der Waals surface area contributed by atoms with E-state index in [0.29, 0.717) is 17.8 Å². The number of carbonyl (C=O) groups is 1.